The summed E-state index contributed by atoms with van der Waals surface area (Å²) in [6.45, 7) is 4.02. The molecule has 0 spiro atoms. The van der Waals surface area contributed by atoms with Crippen molar-refractivity contribution >= 4 is 46.6 Å². The average Bonchev–Trinajstić information content (AvgIpc) is 3.44. The first kappa shape index (κ1) is 22.8. The Labute approximate surface area is 193 Å². The highest BCUT2D eigenvalue weighted by Crippen LogP contribution is 2.29. The number of amides is 1. The lowest BCUT2D eigenvalue weighted by atomic mass is 10.2. The van der Waals surface area contributed by atoms with Crippen molar-refractivity contribution in [3.05, 3.63) is 33.3 Å². The van der Waals surface area contributed by atoms with Crippen LogP contribution in [0.15, 0.2) is 23.4 Å². The van der Waals surface area contributed by atoms with Gasteiger partial charge in [0.25, 0.3) is 5.69 Å². The molecule has 2 aliphatic rings. The number of halogens is 1. The van der Waals surface area contributed by atoms with Crippen LogP contribution >= 0.6 is 23.4 Å². The number of aromatic nitrogens is 3. The van der Waals surface area contributed by atoms with Gasteiger partial charge in [-0.05, 0) is 25.0 Å². The number of nitro benzene ring substituents is 1. The summed E-state index contributed by atoms with van der Waals surface area (Å²) >= 11 is 7.06. The van der Waals surface area contributed by atoms with Crippen molar-refractivity contribution in [1.82, 2.24) is 14.8 Å². The summed E-state index contributed by atoms with van der Waals surface area (Å²) in [6, 6.07) is 4.11. The van der Waals surface area contributed by atoms with Crippen LogP contribution in [-0.2, 0) is 20.8 Å². The Bertz CT molecular complexity index is 977. The second-order valence-electron chi connectivity index (χ2n) is 7.38. The Morgan fingerprint density at radius 2 is 2.12 bits per heavy atom. The Morgan fingerprint density at radius 3 is 2.84 bits per heavy atom. The van der Waals surface area contributed by atoms with Crippen molar-refractivity contribution in [1.29, 1.82) is 0 Å². The topological polar surface area (TPSA) is 125 Å². The maximum atomic E-state index is 12.5. The van der Waals surface area contributed by atoms with Crippen molar-refractivity contribution in [2.24, 2.45) is 0 Å². The number of ether oxygens (including phenoxy) is 2. The summed E-state index contributed by atoms with van der Waals surface area (Å²) in [7, 11) is 0. The van der Waals surface area contributed by atoms with Gasteiger partial charge in [0.15, 0.2) is 5.16 Å². The van der Waals surface area contributed by atoms with Gasteiger partial charge in [-0.3, -0.25) is 19.5 Å². The van der Waals surface area contributed by atoms with E-state index in [2.05, 4.69) is 20.4 Å². The van der Waals surface area contributed by atoms with Crippen LogP contribution in [0.5, 0.6) is 0 Å². The smallest absolute Gasteiger partial charge is 0.294 e. The molecule has 1 aromatic carbocycles. The summed E-state index contributed by atoms with van der Waals surface area (Å²) in [5.74, 6) is 0.368. The van der Waals surface area contributed by atoms with E-state index in [1.807, 2.05) is 4.57 Å². The van der Waals surface area contributed by atoms with Crippen molar-refractivity contribution in [2.75, 3.05) is 48.9 Å². The zero-order valence-electron chi connectivity index (χ0n) is 17.2. The largest absolute Gasteiger partial charge is 0.378 e. The third-order valence-corrected chi connectivity index (χ3v) is 6.37. The normalized spacial score (nSPS) is 18.7. The number of rotatable bonds is 8. The first-order valence-corrected chi connectivity index (χ1v) is 11.6. The third-order valence-electron chi connectivity index (χ3n) is 5.16. The number of thioether (sulfide) groups is 1. The zero-order valence-corrected chi connectivity index (χ0v) is 18.8. The molecule has 11 nitrogen and oxygen atoms in total. The molecule has 1 N–H and O–H groups in total. The molecule has 1 aromatic heterocycles. The molecule has 0 radical (unpaired) electrons. The van der Waals surface area contributed by atoms with Gasteiger partial charge < -0.3 is 19.7 Å². The maximum Gasteiger partial charge on any atom is 0.294 e. The average molecular weight is 483 g/mol. The summed E-state index contributed by atoms with van der Waals surface area (Å²) < 4.78 is 13.2. The minimum absolute atomic E-state index is 0.0204. The number of anilines is 2. The summed E-state index contributed by atoms with van der Waals surface area (Å²) in [6.07, 6.45) is 2.06. The SMILES string of the molecule is O=C(CSc1nnc(N2CCOCC2)n1CC1CCCO1)Nc1ccc(Cl)cc1[N+](=O)[O-]. The lowest BCUT2D eigenvalue weighted by Crippen LogP contribution is -2.38. The predicted molar refractivity (Wildman–Crippen MR) is 119 cm³/mol. The molecule has 1 atom stereocenters. The molecule has 13 heteroatoms. The molecule has 32 heavy (non-hydrogen) atoms. The Morgan fingerprint density at radius 1 is 1.31 bits per heavy atom. The number of morpholine rings is 1. The van der Waals surface area contributed by atoms with Gasteiger partial charge in [-0.25, -0.2) is 0 Å². The third kappa shape index (κ3) is 5.49. The summed E-state index contributed by atoms with van der Waals surface area (Å²) in [5, 5.41) is 23.3. The lowest BCUT2D eigenvalue weighted by Gasteiger charge is -2.28. The molecule has 1 amide bonds. The molecular weight excluding hydrogens is 460 g/mol. The Kier molecular flexibility index (Phi) is 7.45. The highest BCUT2D eigenvalue weighted by atomic mass is 35.5. The van der Waals surface area contributed by atoms with E-state index in [0.29, 0.717) is 24.9 Å². The number of nitrogens with zero attached hydrogens (tertiary/aromatic N) is 5. The van der Waals surface area contributed by atoms with E-state index in [1.165, 1.54) is 30.0 Å². The molecule has 3 heterocycles. The van der Waals surface area contributed by atoms with Gasteiger partial charge >= 0.3 is 0 Å². The van der Waals surface area contributed by atoms with Crippen LogP contribution < -0.4 is 10.2 Å². The number of hydrogen-bond acceptors (Lipinski definition) is 9. The molecule has 1 unspecified atom stereocenters. The van der Waals surface area contributed by atoms with E-state index in [9.17, 15) is 14.9 Å². The van der Waals surface area contributed by atoms with E-state index in [1.54, 1.807) is 0 Å². The minimum atomic E-state index is -0.582. The number of carbonyl (C=O) groups is 1. The minimum Gasteiger partial charge on any atom is -0.378 e. The first-order chi connectivity index (χ1) is 15.5. The van der Waals surface area contributed by atoms with Crippen molar-refractivity contribution in [2.45, 2.75) is 30.6 Å². The monoisotopic (exact) mass is 482 g/mol. The Hall–Kier alpha value is -2.41. The number of hydrogen-bond donors (Lipinski definition) is 1. The fourth-order valence-electron chi connectivity index (χ4n) is 3.61. The second kappa shape index (κ2) is 10.5. The molecule has 2 aliphatic heterocycles. The van der Waals surface area contributed by atoms with Gasteiger partial charge in [-0.2, -0.15) is 0 Å². The van der Waals surface area contributed by atoms with Crippen LogP contribution in [0.4, 0.5) is 17.3 Å². The molecular formula is C19H23ClN6O5S. The lowest BCUT2D eigenvalue weighted by molar-refractivity contribution is -0.383. The summed E-state index contributed by atoms with van der Waals surface area (Å²) in [4.78, 5) is 25.3. The van der Waals surface area contributed by atoms with Gasteiger partial charge in [-0.15, -0.1) is 10.2 Å². The first-order valence-electron chi connectivity index (χ1n) is 10.3. The molecule has 172 valence electrons. The van der Waals surface area contributed by atoms with Crippen LogP contribution in [0, 0.1) is 10.1 Å². The fraction of sp³-hybridized carbons (Fsp3) is 0.526. The van der Waals surface area contributed by atoms with E-state index >= 15 is 0 Å². The van der Waals surface area contributed by atoms with Crippen molar-refractivity contribution in [3.8, 4) is 0 Å². The van der Waals surface area contributed by atoms with E-state index in [4.69, 9.17) is 21.1 Å². The number of carbonyl (C=O) groups excluding carboxylic acids is 1. The zero-order chi connectivity index (χ0) is 22.5. The highest BCUT2D eigenvalue weighted by molar-refractivity contribution is 7.99. The van der Waals surface area contributed by atoms with Crippen LogP contribution in [0.1, 0.15) is 12.8 Å². The van der Waals surface area contributed by atoms with Gasteiger partial charge in [0.05, 0.1) is 36.5 Å². The van der Waals surface area contributed by atoms with Gasteiger partial charge in [0.2, 0.25) is 11.9 Å². The number of nitro groups is 1. The molecule has 2 fully saturated rings. The highest BCUT2D eigenvalue weighted by Gasteiger charge is 2.25. The van der Waals surface area contributed by atoms with E-state index < -0.39 is 4.92 Å². The van der Waals surface area contributed by atoms with Crippen LogP contribution in [-0.4, -0.2) is 70.4 Å². The van der Waals surface area contributed by atoms with Crippen LogP contribution in [0.25, 0.3) is 0 Å². The molecule has 0 aliphatic carbocycles. The van der Waals surface area contributed by atoms with Gasteiger partial charge in [0.1, 0.15) is 5.69 Å². The quantitative estimate of drug-likeness (QED) is 0.343. The van der Waals surface area contributed by atoms with Crippen molar-refractivity contribution < 1.29 is 19.2 Å². The molecule has 2 saturated heterocycles. The molecule has 2 aromatic rings. The van der Waals surface area contributed by atoms with E-state index in [0.717, 1.165) is 38.5 Å². The second-order valence-corrected chi connectivity index (χ2v) is 8.76. The standard InChI is InChI=1S/C19H23ClN6O5S/c20-13-3-4-15(16(10-13)26(28)29)21-17(27)12-32-19-23-22-18(24-5-8-30-9-6-24)25(19)11-14-2-1-7-31-14/h3-4,10,14H,1-2,5-9,11-12H2,(H,21,27). The number of benzene rings is 1. The summed E-state index contributed by atoms with van der Waals surface area (Å²) in [5.41, 5.74) is -0.160. The molecule has 0 bridgehead atoms. The molecule has 4 rings (SSSR count). The van der Waals surface area contributed by atoms with Crippen LogP contribution in [0.2, 0.25) is 5.02 Å². The van der Waals surface area contributed by atoms with E-state index in [-0.39, 0.29) is 34.2 Å². The predicted octanol–water partition coefficient (Wildman–Crippen LogP) is 2.59. The van der Waals surface area contributed by atoms with Crippen molar-refractivity contribution in [3.63, 3.8) is 0 Å². The molecule has 0 saturated carbocycles. The fourth-order valence-corrected chi connectivity index (χ4v) is 4.52. The number of nitrogens with one attached hydrogen (secondary N) is 1. The van der Waals surface area contributed by atoms with Gasteiger partial charge in [0, 0.05) is 30.8 Å². The van der Waals surface area contributed by atoms with Gasteiger partial charge in [-0.1, -0.05) is 23.4 Å². The van der Waals surface area contributed by atoms with Crippen LogP contribution in [0.3, 0.4) is 0 Å². The maximum absolute atomic E-state index is 12.5. The Balaban J connectivity index is 1.46.